The minimum atomic E-state index is -0.335. The number of nitrogens with zero attached hydrogens (tertiary/aromatic N) is 8. The van der Waals surface area contributed by atoms with Gasteiger partial charge >= 0.3 is 0 Å². The lowest BCUT2D eigenvalue weighted by molar-refractivity contribution is 0.211. The van der Waals surface area contributed by atoms with E-state index in [1.165, 1.54) is 18.0 Å². The Bertz CT molecular complexity index is 2020. The number of nitrogens with one attached hydrogen (secondary N) is 1. The van der Waals surface area contributed by atoms with Crippen molar-refractivity contribution in [1.29, 1.82) is 5.26 Å². The van der Waals surface area contributed by atoms with E-state index in [0.29, 0.717) is 57.2 Å². The van der Waals surface area contributed by atoms with E-state index < -0.39 is 0 Å². The molecule has 0 saturated carbocycles. The molecule has 45 heavy (non-hydrogen) atoms. The zero-order valence-corrected chi connectivity index (χ0v) is 24.3. The van der Waals surface area contributed by atoms with Gasteiger partial charge in [0.1, 0.15) is 41.1 Å². The first-order chi connectivity index (χ1) is 22.1. The average Bonchev–Trinajstić information content (AvgIpc) is 3.45. The highest BCUT2D eigenvalue weighted by molar-refractivity contribution is 5.84. The molecule has 0 spiro atoms. The van der Waals surface area contributed by atoms with Gasteiger partial charge in [-0.3, -0.25) is 9.47 Å². The zero-order valence-electron chi connectivity index (χ0n) is 24.3. The summed E-state index contributed by atoms with van der Waals surface area (Å²) in [6, 6.07) is 26.3. The maximum absolute atomic E-state index is 14.7. The molecule has 6 aromatic rings. The number of pyridine rings is 2. The van der Waals surface area contributed by atoms with Crippen LogP contribution in [0.1, 0.15) is 24.1 Å². The number of benzene rings is 2. The molecule has 2 aromatic carbocycles. The molecule has 1 saturated heterocycles. The van der Waals surface area contributed by atoms with Crippen molar-refractivity contribution in [2.45, 2.75) is 25.4 Å². The lowest BCUT2D eigenvalue weighted by Crippen LogP contribution is -2.38. The van der Waals surface area contributed by atoms with Crippen LogP contribution in [0.3, 0.4) is 0 Å². The summed E-state index contributed by atoms with van der Waals surface area (Å²) in [4.78, 5) is 24.7. The Balaban J connectivity index is 1.14. The monoisotopic (exact) mass is 596 g/mol. The first-order valence-corrected chi connectivity index (χ1v) is 14.7. The van der Waals surface area contributed by atoms with Crippen molar-refractivity contribution in [2.24, 2.45) is 0 Å². The van der Waals surface area contributed by atoms with Crippen LogP contribution in [-0.4, -0.2) is 53.5 Å². The van der Waals surface area contributed by atoms with Crippen LogP contribution in [0.15, 0.2) is 91.4 Å². The maximum Gasteiger partial charge on any atom is 0.165 e. The fourth-order valence-electron chi connectivity index (χ4n) is 5.76. The third-order valence-corrected chi connectivity index (χ3v) is 8.06. The van der Waals surface area contributed by atoms with Crippen LogP contribution >= 0.6 is 0 Å². The fourth-order valence-corrected chi connectivity index (χ4v) is 5.76. The number of imidazole rings is 1. The number of halogens is 1. The van der Waals surface area contributed by atoms with Gasteiger partial charge in [0, 0.05) is 49.2 Å². The molecule has 11 heteroatoms. The van der Waals surface area contributed by atoms with Crippen LogP contribution < -0.4 is 11.1 Å². The lowest BCUT2D eigenvalue weighted by Gasteiger charge is -2.32. The number of rotatable bonds is 7. The number of anilines is 2. The van der Waals surface area contributed by atoms with Gasteiger partial charge in [0.05, 0.1) is 11.3 Å². The third-order valence-electron chi connectivity index (χ3n) is 8.06. The number of hydrogen-bond donors (Lipinski definition) is 2. The summed E-state index contributed by atoms with van der Waals surface area (Å²) in [6.07, 6.45) is 5.00. The van der Waals surface area contributed by atoms with Crippen molar-refractivity contribution in [3.63, 3.8) is 0 Å². The summed E-state index contributed by atoms with van der Waals surface area (Å²) in [5.41, 5.74) is 11.6. The molecule has 1 aliphatic heterocycles. The highest BCUT2D eigenvalue weighted by atomic mass is 19.1. The molecule has 0 bridgehead atoms. The summed E-state index contributed by atoms with van der Waals surface area (Å²) >= 11 is 0. The van der Waals surface area contributed by atoms with Crippen LogP contribution in [0.5, 0.6) is 0 Å². The second-order valence-electron chi connectivity index (χ2n) is 11.0. The van der Waals surface area contributed by atoms with Gasteiger partial charge in [0.25, 0.3) is 0 Å². The molecular formula is C34H29FN10. The van der Waals surface area contributed by atoms with Gasteiger partial charge in [-0.15, -0.1) is 0 Å². The van der Waals surface area contributed by atoms with Gasteiger partial charge in [-0.2, -0.15) is 5.26 Å². The zero-order chi connectivity index (χ0) is 30.8. The van der Waals surface area contributed by atoms with E-state index in [9.17, 15) is 4.39 Å². The van der Waals surface area contributed by atoms with Crippen molar-refractivity contribution in [3.8, 4) is 34.4 Å². The molecule has 10 nitrogen and oxygen atoms in total. The topological polar surface area (TPSA) is 134 Å². The number of fused-ring (bicyclic) bond motifs is 1. The van der Waals surface area contributed by atoms with E-state index in [-0.39, 0.29) is 5.82 Å². The summed E-state index contributed by atoms with van der Waals surface area (Å²) in [5, 5.41) is 12.5. The van der Waals surface area contributed by atoms with Gasteiger partial charge in [0.15, 0.2) is 11.5 Å². The minimum absolute atomic E-state index is 0.291. The molecule has 7 rings (SSSR count). The smallest absolute Gasteiger partial charge is 0.165 e. The van der Waals surface area contributed by atoms with Crippen molar-refractivity contribution in [3.05, 3.63) is 108 Å². The van der Waals surface area contributed by atoms with Gasteiger partial charge in [-0.1, -0.05) is 24.3 Å². The molecule has 0 atom stereocenters. The molecule has 222 valence electrons. The standard InChI is InChI=1S/C34H29FN10/c35-28-6-2-1-4-26(28)29-11-12-30-34(42-29)45(33(43-30)27-5-3-15-38-32(27)37)25-9-7-22(8-10-25)20-44-16-13-23(14-17-44)41-31-18-24(19-36)39-21-40-31/h1-12,15,18,21,23H,13-14,16-17,20H2,(H2,37,38)(H,39,40,41). The van der Waals surface area contributed by atoms with Gasteiger partial charge in [-0.25, -0.2) is 29.3 Å². The predicted octanol–water partition coefficient (Wildman–Crippen LogP) is 5.61. The largest absolute Gasteiger partial charge is 0.383 e. The fraction of sp³-hybridized carbons (Fsp3) is 0.176. The van der Waals surface area contributed by atoms with Gasteiger partial charge in [-0.05, 0) is 66.9 Å². The van der Waals surface area contributed by atoms with E-state index >= 15 is 0 Å². The number of piperidine rings is 1. The van der Waals surface area contributed by atoms with E-state index in [4.69, 9.17) is 21.0 Å². The van der Waals surface area contributed by atoms with E-state index in [2.05, 4.69) is 55.5 Å². The van der Waals surface area contributed by atoms with Crippen LogP contribution in [0.25, 0.3) is 39.5 Å². The first kappa shape index (κ1) is 28.1. The Kier molecular flexibility index (Phi) is 7.55. The van der Waals surface area contributed by atoms with E-state index in [0.717, 1.165) is 38.2 Å². The van der Waals surface area contributed by atoms with Crippen molar-refractivity contribution in [1.82, 2.24) is 34.4 Å². The SMILES string of the molecule is N#Cc1cc(NC2CCN(Cc3ccc(-n4c(-c5cccnc5N)nc5ccc(-c6ccccc6F)nc54)cc3)CC2)ncn1. The second kappa shape index (κ2) is 12.1. The number of nitrogens with two attached hydrogens (primary N) is 1. The molecule has 0 aliphatic carbocycles. The maximum atomic E-state index is 14.7. The van der Waals surface area contributed by atoms with E-state index in [1.807, 2.05) is 22.8 Å². The Morgan fingerprint density at radius 3 is 2.49 bits per heavy atom. The number of nitriles is 1. The van der Waals surface area contributed by atoms with Crippen molar-refractivity contribution in [2.75, 3.05) is 24.1 Å². The summed E-state index contributed by atoms with van der Waals surface area (Å²) in [5.74, 6) is 1.33. The normalized spacial score (nSPS) is 14.0. The Morgan fingerprint density at radius 2 is 1.71 bits per heavy atom. The van der Waals surface area contributed by atoms with Crippen LogP contribution in [0.2, 0.25) is 0 Å². The highest BCUT2D eigenvalue weighted by Crippen LogP contribution is 2.32. The third kappa shape index (κ3) is 5.79. The molecular weight excluding hydrogens is 567 g/mol. The second-order valence-corrected chi connectivity index (χ2v) is 11.0. The Hall–Kier alpha value is -5.73. The van der Waals surface area contributed by atoms with Crippen LogP contribution in [0, 0.1) is 17.1 Å². The minimum Gasteiger partial charge on any atom is -0.383 e. The summed E-state index contributed by atoms with van der Waals surface area (Å²) < 4.78 is 16.7. The highest BCUT2D eigenvalue weighted by Gasteiger charge is 2.21. The number of nitrogen functional groups attached to an aromatic ring is 1. The molecule has 0 amide bonds. The Labute approximate surface area is 259 Å². The van der Waals surface area contributed by atoms with Crippen molar-refractivity contribution >= 4 is 22.8 Å². The number of likely N-dealkylation sites (tertiary alicyclic amines) is 1. The first-order valence-electron chi connectivity index (χ1n) is 14.7. The lowest BCUT2D eigenvalue weighted by atomic mass is 10.0. The summed E-state index contributed by atoms with van der Waals surface area (Å²) in [6.45, 7) is 2.70. The number of hydrogen-bond acceptors (Lipinski definition) is 9. The average molecular weight is 597 g/mol. The quantitative estimate of drug-likeness (QED) is 0.241. The molecule has 0 unspecified atom stereocenters. The molecule has 3 N–H and O–H groups in total. The van der Waals surface area contributed by atoms with Gasteiger partial charge in [0.2, 0.25) is 0 Å². The van der Waals surface area contributed by atoms with Crippen molar-refractivity contribution < 1.29 is 4.39 Å². The molecule has 0 radical (unpaired) electrons. The summed E-state index contributed by atoms with van der Waals surface area (Å²) in [7, 11) is 0. The molecule has 1 fully saturated rings. The van der Waals surface area contributed by atoms with Crippen LogP contribution in [0.4, 0.5) is 16.0 Å². The van der Waals surface area contributed by atoms with Gasteiger partial charge < -0.3 is 11.1 Å². The predicted molar refractivity (Wildman–Crippen MR) is 171 cm³/mol. The molecule has 5 heterocycles. The number of aromatic nitrogens is 6. The molecule has 4 aromatic heterocycles. The van der Waals surface area contributed by atoms with Crippen LogP contribution in [-0.2, 0) is 6.54 Å². The molecule has 1 aliphatic rings. The Morgan fingerprint density at radius 1 is 0.911 bits per heavy atom. The van der Waals surface area contributed by atoms with E-state index in [1.54, 1.807) is 36.5 Å².